The monoisotopic (exact) mass is 895 g/mol. The SMILES string of the molecule is CC(CC(C)(C)C)CP(=O)(CC(C)CC(C)(C)C)[O][Al]([O]P(=O)(CC(C)CC(C)(C)C)CC(C)CC(C)(C)C)[O]P(=O)(CC(C)CC(C)(C)C)CC(C)CC(C)(C)C. The fourth-order valence-corrected chi connectivity index (χ4v) is 24.8. The molecule has 0 spiro atoms. The zero-order valence-electron chi connectivity index (χ0n) is 43.3. The maximum atomic E-state index is 15.7. The van der Waals surface area contributed by atoms with Crippen LogP contribution in [0.1, 0.15) is 205 Å². The third-order valence-electron chi connectivity index (χ3n) is 10.1. The van der Waals surface area contributed by atoms with Gasteiger partial charge in [0.05, 0.1) is 0 Å². The number of rotatable bonds is 24. The largest absolute Gasteiger partial charge is 0.921 e. The van der Waals surface area contributed by atoms with E-state index >= 15 is 13.7 Å². The quantitative estimate of drug-likeness (QED) is 0.0709. The van der Waals surface area contributed by atoms with Gasteiger partial charge in [0.25, 0.3) is 0 Å². The minimum absolute atomic E-state index is 0.0509. The van der Waals surface area contributed by atoms with Crippen molar-refractivity contribution in [1.29, 1.82) is 0 Å². The minimum Gasteiger partial charge on any atom is -0.405 e. The summed E-state index contributed by atoms with van der Waals surface area (Å²) < 4.78 is 68.2. The highest BCUT2D eigenvalue weighted by atomic mass is 31.2. The van der Waals surface area contributed by atoms with Gasteiger partial charge in [0, 0.05) is 37.0 Å². The second kappa shape index (κ2) is 22.8. The van der Waals surface area contributed by atoms with E-state index in [1.165, 1.54) is 0 Å². The Bertz CT molecular complexity index is 1090. The van der Waals surface area contributed by atoms with E-state index < -0.39 is 37.3 Å². The van der Waals surface area contributed by atoms with Crippen molar-refractivity contribution in [3.63, 3.8) is 0 Å². The normalized spacial score (nSPS) is 20.3. The van der Waals surface area contributed by atoms with Crippen molar-refractivity contribution in [2.45, 2.75) is 205 Å². The molecule has 0 saturated carbocycles. The van der Waals surface area contributed by atoms with Crippen LogP contribution in [0.5, 0.6) is 0 Å². The molecular formula is C48H102AlO6P3. The van der Waals surface area contributed by atoms with Crippen LogP contribution in [-0.2, 0) is 24.4 Å². The van der Waals surface area contributed by atoms with Crippen LogP contribution in [0.25, 0.3) is 0 Å². The molecule has 6 nitrogen and oxygen atoms in total. The lowest BCUT2D eigenvalue weighted by Crippen LogP contribution is -2.31. The lowest BCUT2D eigenvalue weighted by atomic mass is 9.86. The van der Waals surface area contributed by atoms with Crippen molar-refractivity contribution in [2.24, 2.45) is 68.0 Å². The molecule has 0 aliphatic heterocycles. The molecule has 0 rings (SSSR count). The molecule has 10 heteroatoms. The highest BCUT2D eigenvalue weighted by Gasteiger charge is 2.51. The zero-order valence-corrected chi connectivity index (χ0v) is 47.2. The molecule has 348 valence electrons. The molecule has 0 aliphatic rings. The van der Waals surface area contributed by atoms with Gasteiger partial charge in [-0.25, -0.2) is 0 Å². The maximum Gasteiger partial charge on any atom is 0.921 e. The molecule has 6 atom stereocenters. The fraction of sp³-hybridized carbons (Fsp3) is 1.00. The summed E-state index contributed by atoms with van der Waals surface area (Å²) in [5, 5.41) is 0. The third kappa shape index (κ3) is 31.0. The highest BCUT2D eigenvalue weighted by Crippen LogP contribution is 2.61. The van der Waals surface area contributed by atoms with Gasteiger partial charge in [0.2, 0.25) is 0 Å². The predicted molar refractivity (Wildman–Crippen MR) is 260 cm³/mol. The van der Waals surface area contributed by atoms with E-state index in [0.717, 1.165) is 38.5 Å². The van der Waals surface area contributed by atoms with E-state index in [4.69, 9.17) is 10.7 Å². The average Bonchev–Trinajstić information content (AvgIpc) is 2.79. The Balaban J connectivity index is 7.74. The molecule has 0 aliphatic carbocycles. The van der Waals surface area contributed by atoms with Crippen molar-refractivity contribution >= 4 is 37.3 Å². The van der Waals surface area contributed by atoms with Crippen molar-refractivity contribution < 1.29 is 24.4 Å². The highest BCUT2D eigenvalue weighted by molar-refractivity contribution is 7.63. The Morgan fingerprint density at radius 1 is 0.310 bits per heavy atom. The minimum atomic E-state index is -3.57. The molecule has 6 unspecified atom stereocenters. The van der Waals surface area contributed by atoms with E-state index in [2.05, 4.69) is 166 Å². The lowest BCUT2D eigenvalue weighted by Gasteiger charge is -2.35. The summed E-state index contributed by atoms with van der Waals surface area (Å²) in [5.74, 6) is 0.740. The van der Waals surface area contributed by atoms with Crippen molar-refractivity contribution in [3.05, 3.63) is 0 Å². The molecule has 58 heavy (non-hydrogen) atoms. The summed E-state index contributed by atoms with van der Waals surface area (Å²) in [6.07, 6.45) is 7.71. The Morgan fingerprint density at radius 3 is 0.534 bits per heavy atom. The summed E-state index contributed by atoms with van der Waals surface area (Å²) >= 11 is -3.57. The van der Waals surface area contributed by atoms with Crippen LogP contribution in [0.2, 0.25) is 0 Å². The van der Waals surface area contributed by atoms with E-state index in [-0.39, 0.29) is 68.0 Å². The van der Waals surface area contributed by atoms with Gasteiger partial charge in [-0.2, -0.15) is 0 Å². The maximum absolute atomic E-state index is 15.7. The molecule has 0 fully saturated rings. The first-order valence-electron chi connectivity index (χ1n) is 23.2. The number of hydrogen-bond acceptors (Lipinski definition) is 6. The van der Waals surface area contributed by atoms with Crippen LogP contribution in [0.3, 0.4) is 0 Å². The van der Waals surface area contributed by atoms with Crippen molar-refractivity contribution in [2.75, 3.05) is 37.0 Å². The van der Waals surface area contributed by atoms with Crippen LogP contribution in [-0.4, -0.2) is 52.1 Å². The molecule has 0 N–H and O–H groups in total. The molecule has 0 heterocycles. The zero-order chi connectivity index (χ0) is 46.1. The Hall–Kier alpha value is 1.10. The topological polar surface area (TPSA) is 78.9 Å². The van der Waals surface area contributed by atoms with Gasteiger partial charge < -0.3 is 10.7 Å². The molecular weight excluding hydrogens is 792 g/mol. The number of hydrogen-bond donors (Lipinski definition) is 0. The molecule has 0 bridgehead atoms. The van der Waals surface area contributed by atoms with E-state index in [9.17, 15) is 0 Å². The van der Waals surface area contributed by atoms with E-state index in [1.54, 1.807) is 0 Å². The molecule has 0 amide bonds. The van der Waals surface area contributed by atoms with Gasteiger partial charge in [-0.05, 0) is 107 Å². The molecule has 0 aromatic heterocycles. The molecule has 0 saturated heterocycles. The van der Waals surface area contributed by atoms with Gasteiger partial charge in [0.1, 0.15) is 0 Å². The van der Waals surface area contributed by atoms with E-state index in [0.29, 0.717) is 37.0 Å². The summed E-state index contributed by atoms with van der Waals surface area (Å²) in [4.78, 5) is 0. The second-order valence-electron chi connectivity index (χ2n) is 27.4. The van der Waals surface area contributed by atoms with E-state index in [1.807, 2.05) is 0 Å². The van der Waals surface area contributed by atoms with Crippen LogP contribution >= 0.6 is 22.1 Å². The summed E-state index contributed by atoms with van der Waals surface area (Å²) in [6.45, 7) is 53.1. The van der Waals surface area contributed by atoms with Crippen LogP contribution < -0.4 is 0 Å². The van der Waals surface area contributed by atoms with Gasteiger partial charge >= 0.3 is 15.1 Å². The predicted octanol–water partition coefficient (Wildman–Crippen LogP) is 17.3. The first-order valence-corrected chi connectivity index (χ1v) is 30.6. The van der Waals surface area contributed by atoms with Crippen molar-refractivity contribution in [1.82, 2.24) is 0 Å². The van der Waals surface area contributed by atoms with Gasteiger partial charge in [-0.15, -0.1) is 0 Å². The average molecular weight is 895 g/mol. The Kier molecular flexibility index (Phi) is 23.3. The fourth-order valence-electron chi connectivity index (χ4n) is 10.5. The van der Waals surface area contributed by atoms with Crippen LogP contribution in [0, 0.1) is 68.0 Å². The third-order valence-corrected chi connectivity index (χ3v) is 23.9. The molecule has 0 aromatic rings. The summed E-state index contributed by atoms with van der Waals surface area (Å²) in [6, 6.07) is 0. The second-order valence-corrected chi connectivity index (χ2v) is 37.5. The first-order chi connectivity index (χ1) is 25.4. The standard InChI is InChI=1S/3C16H35O2P.Al/c3*1-13(9-15(3,4)5)11-19(17,18)12-14(2)10-16(6,7)8;/h3*13-14H,9-12H2,1-8H3,(H,17,18);/q;;;+3/p-3. The smallest absolute Gasteiger partial charge is 0.405 e. The summed E-state index contributed by atoms with van der Waals surface area (Å²) in [7, 11) is -10.3. The van der Waals surface area contributed by atoms with Crippen LogP contribution in [0.15, 0.2) is 0 Å². The van der Waals surface area contributed by atoms with Gasteiger partial charge in [-0.3, -0.25) is 13.7 Å². The lowest BCUT2D eigenvalue weighted by molar-refractivity contribution is 0.273. The Labute approximate surface area is 369 Å². The van der Waals surface area contributed by atoms with Gasteiger partial charge in [0.15, 0.2) is 22.1 Å². The first kappa shape index (κ1) is 59.1. The van der Waals surface area contributed by atoms with Crippen LogP contribution in [0.4, 0.5) is 0 Å². The molecule has 0 aromatic carbocycles. The summed E-state index contributed by atoms with van der Waals surface area (Å²) in [5.41, 5.74) is 0.305. The van der Waals surface area contributed by atoms with Gasteiger partial charge in [-0.1, -0.05) is 166 Å². The Morgan fingerprint density at radius 2 is 0.431 bits per heavy atom. The van der Waals surface area contributed by atoms with Crippen molar-refractivity contribution in [3.8, 4) is 0 Å². The molecule has 0 radical (unpaired) electrons.